The van der Waals surface area contributed by atoms with Gasteiger partial charge in [-0.3, -0.25) is 0 Å². The van der Waals surface area contributed by atoms with Crippen LogP contribution in [0.5, 0.6) is 11.5 Å². The van der Waals surface area contributed by atoms with E-state index in [0.717, 1.165) is 5.56 Å². The first-order valence-electron chi connectivity index (χ1n) is 7.57. The molecule has 0 heterocycles. The van der Waals surface area contributed by atoms with Crippen molar-refractivity contribution in [1.29, 1.82) is 0 Å². The molecule has 1 aromatic carbocycles. The molecule has 4 nitrogen and oxygen atoms in total. The number of rotatable bonds is 6. The summed E-state index contributed by atoms with van der Waals surface area (Å²) in [7, 11) is 0. The average molecular weight is 279 g/mol. The van der Waals surface area contributed by atoms with Crippen molar-refractivity contribution in [1.82, 2.24) is 5.32 Å². The Hall–Kier alpha value is -1.26. The summed E-state index contributed by atoms with van der Waals surface area (Å²) in [5.41, 5.74) is 0.958. The third-order valence-corrected chi connectivity index (χ3v) is 3.91. The van der Waals surface area contributed by atoms with E-state index in [1.165, 1.54) is 32.1 Å². The maximum absolute atomic E-state index is 9.73. The molecule has 1 saturated carbocycles. The predicted molar refractivity (Wildman–Crippen MR) is 79.1 cm³/mol. The Morgan fingerprint density at radius 3 is 2.70 bits per heavy atom. The van der Waals surface area contributed by atoms with Crippen LogP contribution in [0.4, 0.5) is 0 Å². The molecular weight excluding hydrogens is 254 g/mol. The number of hydrogen-bond donors (Lipinski definition) is 3. The van der Waals surface area contributed by atoms with E-state index >= 15 is 0 Å². The fraction of sp³-hybridized carbons (Fsp3) is 0.625. The summed E-state index contributed by atoms with van der Waals surface area (Å²) in [5.74, 6) is 0.624. The van der Waals surface area contributed by atoms with Crippen LogP contribution in [0.2, 0.25) is 0 Å². The van der Waals surface area contributed by atoms with E-state index < -0.39 is 0 Å². The normalized spacial score (nSPS) is 17.9. The fourth-order valence-corrected chi connectivity index (χ4v) is 2.83. The van der Waals surface area contributed by atoms with Crippen LogP contribution in [0.25, 0.3) is 0 Å². The van der Waals surface area contributed by atoms with Crippen molar-refractivity contribution in [3.05, 3.63) is 23.8 Å². The molecule has 1 aliphatic rings. The molecule has 0 saturated heterocycles. The summed E-state index contributed by atoms with van der Waals surface area (Å²) in [6.07, 6.45) is 6.18. The van der Waals surface area contributed by atoms with Gasteiger partial charge >= 0.3 is 0 Å². The number of phenols is 1. The molecule has 1 aromatic rings. The average Bonchev–Trinajstić information content (AvgIpc) is 2.48. The van der Waals surface area contributed by atoms with E-state index in [2.05, 4.69) is 5.32 Å². The molecular formula is C16H25NO3. The Morgan fingerprint density at radius 2 is 2.05 bits per heavy atom. The van der Waals surface area contributed by atoms with Crippen molar-refractivity contribution in [3.8, 4) is 11.5 Å². The van der Waals surface area contributed by atoms with E-state index in [1.807, 2.05) is 19.1 Å². The first-order chi connectivity index (χ1) is 9.74. The molecule has 1 unspecified atom stereocenters. The highest BCUT2D eigenvalue weighted by Gasteiger charge is 2.19. The van der Waals surface area contributed by atoms with Crippen molar-refractivity contribution in [3.63, 3.8) is 0 Å². The largest absolute Gasteiger partial charge is 0.504 e. The van der Waals surface area contributed by atoms with Gasteiger partial charge < -0.3 is 20.3 Å². The first-order valence-corrected chi connectivity index (χ1v) is 7.57. The number of phenolic OH excluding ortho intramolecular Hbond substituents is 1. The molecule has 0 aromatic heterocycles. The number of ether oxygens (including phenoxy) is 1. The molecule has 0 bridgehead atoms. The van der Waals surface area contributed by atoms with Gasteiger partial charge in [-0.15, -0.1) is 0 Å². The van der Waals surface area contributed by atoms with E-state index in [-0.39, 0.29) is 18.4 Å². The zero-order valence-electron chi connectivity index (χ0n) is 12.1. The molecule has 3 N–H and O–H groups in total. The third-order valence-electron chi connectivity index (χ3n) is 3.91. The van der Waals surface area contributed by atoms with Gasteiger partial charge in [-0.05, 0) is 37.5 Å². The second-order valence-corrected chi connectivity index (χ2v) is 5.40. The van der Waals surface area contributed by atoms with Gasteiger partial charge in [0.05, 0.1) is 19.3 Å². The fourth-order valence-electron chi connectivity index (χ4n) is 2.83. The van der Waals surface area contributed by atoms with Gasteiger partial charge in [-0.25, -0.2) is 0 Å². The quantitative estimate of drug-likeness (QED) is 0.749. The molecule has 1 aliphatic carbocycles. The molecule has 1 atom stereocenters. The van der Waals surface area contributed by atoms with Gasteiger partial charge in [-0.1, -0.05) is 25.3 Å². The Morgan fingerprint density at radius 1 is 1.30 bits per heavy atom. The molecule has 0 spiro atoms. The van der Waals surface area contributed by atoms with Crippen LogP contribution in [-0.2, 0) is 0 Å². The lowest BCUT2D eigenvalue weighted by molar-refractivity contribution is 0.219. The number of aliphatic hydroxyl groups excluding tert-OH is 1. The van der Waals surface area contributed by atoms with Crippen molar-refractivity contribution in [2.24, 2.45) is 0 Å². The van der Waals surface area contributed by atoms with Crippen molar-refractivity contribution < 1.29 is 14.9 Å². The van der Waals surface area contributed by atoms with Crippen LogP contribution >= 0.6 is 0 Å². The minimum absolute atomic E-state index is 0.0485. The Labute approximate surface area is 120 Å². The van der Waals surface area contributed by atoms with Crippen LogP contribution in [-0.4, -0.2) is 29.5 Å². The molecule has 20 heavy (non-hydrogen) atoms. The number of hydrogen-bond acceptors (Lipinski definition) is 4. The maximum atomic E-state index is 9.73. The highest BCUT2D eigenvalue weighted by atomic mass is 16.5. The highest BCUT2D eigenvalue weighted by molar-refractivity contribution is 5.42. The Balaban J connectivity index is 2.07. The highest BCUT2D eigenvalue weighted by Crippen LogP contribution is 2.30. The molecule has 2 rings (SSSR count). The lowest BCUT2D eigenvalue weighted by atomic mass is 9.94. The van der Waals surface area contributed by atoms with Crippen LogP contribution < -0.4 is 10.1 Å². The van der Waals surface area contributed by atoms with Gasteiger partial charge in [0.25, 0.3) is 0 Å². The zero-order chi connectivity index (χ0) is 14.4. The van der Waals surface area contributed by atoms with Gasteiger partial charge in [-0.2, -0.15) is 0 Å². The number of nitrogens with one attached hydrogen (secondary N) is 1. The smallest absolute Gasteiger partial charge is 0.161 e. The lowest BCUT2D eigenvalue weighted by Gasteiger charge is -2.28. The standard InChI is InChI=1S/C16H25NO3/c1-2-20-16-10-12(8-9-15(16)19)14(11-18)17-13-6-4-3-5-7-13/h8-10,13-14,17-19H,2-7,11H2,1H3. The van der Waals surface area contributed by atoms with Gasteiger partial charge in [0.1, 0.15) is 0 Å². The van der Waals surface area contributed by atoms with E-state index in [9.17, 15) is 10.2 Å². The van der Waals surface area contributed by atoms with Crippen molar-refractivity contribution in [2.75, 3.05) is 13.2 Å². The molecule has 0 aliphatic heterocycles. The zero-order valence-corrected chi connectivity index (χ0v) is 12.1. The van der Waals surface area contributed by atoms with Gasteiger partial charge in [0.15, 0.2) is 11.5 Å². The predicted octanol–water partition coefficient (Wildman–Crippen LogP) is 2.75. The first kappa shape index (κ1) is 15.1. The van der Waals surface area contributed by atoms with Crippen LogP contribution in [0.3, 0.4) is 0 Å². The second kappa shape index (κ2) is 7.50. The molecule has 4 heteroatoms. The SMILES string of the molecule is CCOc1cc(C(CO)NC2CCCCC2)ccc1O. The number of aromatic hydroxyl groups is 1. The van der Waals surface area contributed by atoms with E-state index in [0.29, 0.717) is 18.4 Å². The van der Waals surface area contributed by atoms with Gasteiger partial charge in [0, 0.05) is 6.04 Å². The van der Waals surface area contributed by atoms with Crippen molar-refractivity contribution in [2.45, 2.75) is 51.1 Å². The van der Waals surface area contributed by atoms with Crippen LogP contribution in [0.1, 0.15) is 50.6 Å². The van der Waals surface area contributed by atoms with E-state index in [1.54, 1.807) is 6.07 Å². The minimum Gasteiger partial charge on any atom is -0.504 e. The second-order valence-electron chi connectivity index (χ2n) is 5.40. The molecule has 1 fully saturated rings. The Kier molecular flexibility index (Phi) is 5.68. The summed E-state index contributed by atoms with van der Waals surface area (Å²) in [4.78, 5) is 0. The summed E-state index contributed by atoms with van der Waals surface area (Å²) >= 11 is 0. The number of aliphatic hydroxyl groups is 1. The van der Waals surface area contributed by atoms with Crippen LogP contribution in [0.15, 0.2) is 18.2 Å². The molecule has 0 radical (unpaired) electrons. The monoisotopic (exact) mass is 279 g/mol. The summed E-state index contributed by atoms with van der Waals surface area (Å²) in [6.45, 7) is 2.44. The third kappa shape index (κ3) is 3.87. The summed E-state index contributed by atoms with van der Waals surface area (Å²) < 4.78 is 5.40. The molecule has 0 amide bonds. The van der Waals surface area contributed by atoms with E-state index in [4.69, 9.17) is 4.74 Å². The minimum atomic E-state index is -0.0992. The van der Waals surface area contributed by atoms with Crippen LogP contribution in [0, 0.1) is 0 Å². The number of benzene rings is 1. The summed E-state index contributed by atoms with van der Waals surface area (Å²) in [5, 5.41) is 22.9. The van der Waals surface area contributed by atoms with Crippen molar-refractivity contribution >= 4 is 0 Å². The lowest BCUT2D eigenvalue weighted by Crippen LogP contribution is -2.36. The Bertz CT molecular complexity index is 416. The van der Waals surface area contributed by atoms with Gasteiger partial charge in [0.2, 0.25) is 0 Å². The topological polar surface area (TPSA) is 61.7 Å². The summed E-state index contributed by atoms with van der Waals surface area (Å²) in [6, 6.07) is 5.67. The maximum Gasteiger partial charge on any atom is 0.161 e. The molecule has 112 valence electrons.